The molecule has 194 valence electrons. The summed E-state index contributed by atoms with van der Waals surface area (Å²) in [7, 11) is 1.46. The Kier molecular flexibility index (Phi) is 5.89. The van der Waals surface area contributed by atoms with Gasteiger partial charge in [-0.15, -0.1) is 0 Å². The van der Waals surface area contributed by atoms with Crippen LogP contribution in [0.1, 0.15) is 57.5 Å². The van der Waals surface area contributed by atoms with Crippen LogP contribution in [0, 0.1) is 19.7 Å². The van der Waals surface area contributed by atoms with Gasteiger partial charge in [0.2, 0.25) is 0 Å². The second-order valence-corrected chi connectivity index (χ2v) is 10.2. The Labute approximate surface area is 218 Å². The van der Waals surface area contributed by atoms with Gasteiger partial charge in [0, 0.05) is 40.9 Å². The Morgan fingerprint density at radius 2 is 2.08 bits per heavy atom. The molecule has 0 amide bonds. The van der Waals surface area contributed by atoms with Gasteiger partial charge in [-0.3, -0.25) is 4.79 Å². The molecule has 0 saturated carbocycles. The molecule has 0 fully saturated rings. The molecule has 2 aliphatic rings. The monoisotopic (exact) mass is 513 g/mol. The van der Waals surface area contributed by atoms with E-state index in [-0.39, 0.29) is 41.7 Å². The second kappa shape index (κ2) is 9.15. The zero-order chi connectivity index (χ0) is 26.7. The van der Waals surface area contributed by atoms with Crippen LogP contribution in [0.4, 0.5) is 10.1 Å². The Morgan fingerprint density at radius 3 is 2.82 bits per heavy atom. The van der Waals surface area contributed by atoms with Crippen LogP contribution in [-0.4, -0.2) is 28.1 Å². The largest absolute Gasteiger partial charge is 0.381 e. The van der Waals surface area contributed by atoms with Gasteiger partial charge in [-0.2, -0.15) is 0 Å². The summed E-state index contributed by atoms with van der Waals surface area (Å²) in [6.45, 7) is 4.10. The minimum atomic E-state index is -1.47. The predicted octanol–water partition coefficient (Wildman–Crippen LogP) is 4.66. The zero-order valence-corrected chi connectivity index (χ0v) is 21.5. The van der Waals surface area contributed by atoms with E-state index in [1.165, 1.54) is 13.2 Å². The third-order valence-corrected chi connectivity index (χ3v) is 7.87. The number of halogens is 1. The van der Waals surface area contributed by atoms with E-state index in [9.17, 15) is 14.7 Å². The number of carbonyl (C=O) groups is 1. The first-order chi connectivity index (χ1) is 18.3. The SMILES string of the molecule is COCc1c([C@H](O)C=O)cc2n(c1=O)Cc1c-2nc2cc(F)c(C)c3c2c1[C@@H](Nc1cccc(C)c1)CC3. The Bertz CT molecular complexity index is 1690. The molecule has 1 aliphatic carbocycles. The number of anilines is 1. The molecule has 1 aliphatic heterocycles. The quantitative estimate of drug-likeness (QED) is 0.321. The number of aliphatic hydroxyl groups excluding tert-OH is 1. The molecular formula is C30H28FN3O4. The summed E-state index contributed by atoms with van der Waals surface area (Å²) < 4.78 is 21.8. The number of aldehydes is 1. The highest BCUT2D eigenvalue weighted by Gasteiger charge is 2.35. The van der Waals surface area contributed by atoms with Crippen LogP contribution >= 0.6 is 0 Å². The van der Waals surface area contributed by atoms with Gasteiger partial charge in [0.15, 0.2) is 6.29 Å². The van der Waals surface area contributed by atoms with E-state index in [4.69, 9.17) is 9.72 Å². The van der Waals surface area contributed by atoms with Crippen molar-refractivity contribution in [2.24, 2.45) is 0 Å². The zero-order valence-electron chi connectivity index (χ0n) is 21.5. The van der Waals surface area contributed by atoms with Crippen LogP contribution in [0.3, 0.4) is 0 Å². The van der Waals surface area contributed by atoms with Gasteiger partial charge < -0.3 is 24.5 Å². The number of hydrogen-bond acceptors (Lipinski definition) is 6. The molecule has 0 spiro atoms. The standard InChI is InChI=1S/C30H28FN3O4/c1-15-5-4-6-17(9-15)32-23-8-7-18-16(2)22(31)11-24-27(18)28(23)20-12-34-25(29(20)33-24)10-19(26(36)13-35)21(14-38-3)30(34)37/h4-6,9-11,13,23,26,32,36H,7-8,12,14H2,1-3H3/t23-,26+/m0/s1. The lowest BCUT2D eigenvalue weighted by Crippen LogP contribution is -2.26. The molecule has 8 heteroatoms. The molecule has 2 atom stereocenters. The maximum Gasteiger partial charge on any atom is 0.257 e. The van der Waals surface area contributed by atoms with Crippen molar-refractivity contribution >= 4 is 22.9 Å². The number of ether oxygens (including phenoxy) is 1. The minimum Gasteiger partial charge on any atom is -0.381 e. The number of methoxy groups -OCH3 is 1. The van der Waals surface area contributed by atoms with Crippen LogP contribution in [-0.2, 0) is 29.1 Å². The van der Waals surface area contributed by atoms with E-state index in [2.05, 4.69) is 11.4 Å². The average Bonchev–Trinajstić information content (AvgIpc) is 3.27. The van der Waals surface area contributed by atoms with Crippen molar-refractivity contribution in [1.82, 2.24) is 9.55 Å². The Balaban J connectivity index is 1.62. The molecule has 0 saturated heterocycles. The van der Waals surface area contributed by atoms with Crippen LogP contribution in [0.25, 0.3) is 22.3 Å². The molecule has 0 unspecified atom stereocenters. The highest BCUT2D eigenvalue weighted by Crippen LogP contribution is 2.45. The van der Waals surface area contributed by atoms with Crippen molar-refractivity contribution in [3.05, 3.63) is 91.5 Å². The van der Waals surface area contributed by atoms with Gasteiger partial charge in [0.25, 0.3) is 5.56 Å². The van der Waals surface area contributed by atoms with E-state index in [0.717, 1.165) is 39.7 Å². The number of aliphatic hydroxyl groups is 1. The number of benzene rings is 2. The van der Waals surface area contributed by atoms with Crippen molar-refractivity contribution in [2.75, 3.05) is 12.4 Å². The fourth-order valence-electron chi connectivity index (χ4n) is 6.07. The number of aromatic nitrogens is 2. The summed E-state index contributed by atoms with van der Waals surface area (Å²) in [4.78, 5) is 30.0. The van der Waals surface area contributed by atoms with E-state index >= 15 is 4.39 Å². The molecule has 2 aromatic carbocycles. The molecular weight excluding hydrogens is 485 g/mol. The molecule has 6 rings (SSSR count). The molecule has 0 bridgehead atoms. The molecule has 0 radical (unpaired) electrons. The molecule has 2 N–H and O–H groups in total. The third-order valence-electron chi connectivity index (χ3n) is 7.87. The first-order valence-corrected chi connectivity index (χ1v) is 12.7. The second-order valence-electron chi connectivity index (χ2n) is 10.2. The summed E-state index contributed by atoms with van der Waals surface area (Å²) in [5, 5.41) is 15.0. The summed E-state index contributed by atoms with van der Waals surface area (Å²) in [5.41, 5.74) is 7.32. The van der Waals surface area contributed by atoms with Crippen LogP contribution in [0.2, 0.25) is 0 Å². The molecule has 4 aromatic rings. The van der Waals surface area contributed by atoms with Gasteiger partial charge >= 0.3 is 0 Å². The summed E-state index contributed by atoms with van der Waals surface area (Å²) in [6.07, 6.45) is 0.387. The number of nitrogens with zero attached hydrogens (tertiary/aromatic N) is 2. The van der Waals surface area contributed by atoms with Crippen molar-refractivity contribution in [3.8, 4) is 11.4 Å². The Hall–Kier alpha value is -3.88. The number of hydrogen-bond donors (Lipinski definition) is 2. The van der Waals surface area contributed by atoms with E-state index in [0.29, 0.717) is 35.2 Å². The average molecular weight is 514 g/mol. The van der Waals surface area contributed by atoms with Gasteiger partial charge in [-0.05, 0) is 67.1 Å². The van der Waals surface area contributed by atoms with E-state index < -0.39 is 6.10 Å². The van der Waals surface area contributed by atoms with E-state index in [1.54, 1.807) is 17.6 Å². The summed E-state index contributed by atoms with van der Waals surface area (Å²) in [5.74, 6) is -0.307. The van der Waals surface area contributed by atoms with E-state index in [1.807, 2.05) is 25.1 Å². The van der Waals surface area contributed by atoms with Crippen molar-refractivity contribution in [1.29, 1.82) is 0 Å². The molecule has 2 aromatic heterocycles. The van der Waals surface area contributed by atoms with Gasteiger partial charge in [-0.1, -0.05) is 12.1 Å². The van der Waals surface area contributed by atoms with Crippen LogP contribution in [0.15, 0.2) is 41.2 Å². The fraction of sp³-hybridized carbons (Fsp3) is 0.300. The number of carbonyl (C=O) groups excluding carboxylic acids is 1. The van der Waals surface area contributed by atoms with Gasteiger partial charge in [-0.25, -0.2) is 9.37 Å². The molecule has 38 heavy (non-hydrogen) atoms. The number of fused-ring (bicyclic) bond motifs is 4. The lowest BCUT2D eigenvalue weighted by atomic mass is 9.81. The molecule has 7 nitrogen and oxygen atoms in total. The summed E-state index contributed by atoms with van der Waals surface area (Å²) in [6, 6.07) is 11.2. The lowest BCUT2D eigenvalue weighted by molar-refractivity contribution is -0.115. The predicted molar refractivity (Wildman–Crippen MR) is 143 cm³/mol. The lowest BCUT2D eigenvalue weighted by Gasteiger charge is -2.30. The minimum absolute atomic E-state index is 0.0377. The molecule has 3 heterocycles. The Morgan fingerprint density at radius 1 is 1.26 bits per heavy atom. The summed E-state index contributed by atoms with van der Waals surface area (Å²) >= 11 is 0. The van der Waals surface area contributed by atoms with Gasteiger partial charge in [0.1, 0.15) is 11.9 Å². The highest BCUT2D eigenvalue weighted by atomic mass is 19.1. The third kappa shape index (κ3) is 3.67. The van der Waals surface area contributed by atoms with Gasteiger partial charge in [0.05, 0.1) is 36.1 Å². The fourth-order valence-corrected chi connectivity index (χ4v) is 6.07. The van der Waals surface area contributed by atoms with Crippen molar-refractivity contribution in [3.63, 3.8) is 0 Å². The highest BCUT2D eigenvalue weighted by molar-refractivity contribution is 5.93. The topological polar surface area (TPSA) is 93.5 Å². The normalized spacial score (nSPS) is 16.3. The first kappa shape index (κ1) is 24.5. The van der Waals surface area contributed by atoms with Crippen molar-refractivity contribution < 1.29 is 19.0 Å². The maximum absolute atomic E-state index is 15.0. The first-order valence-electron chi connectivity index (χ1n) is 12.7. The van der Waals surface area contributed by atoms with Crippen molar-refractivity contribution in [2.45, 2.75) is 52.0 Å². The van der Waals surface area contributed by atoms with Crippen LogP contribution in [0.5, 0.6) is 0 Å². The maximum atomic E-state index is 15.0. The smallest absolute Gasteiger partial charge is 0.257 e. The number of pyridine rings is 2. The van der Waals surface area contributed by atoms with Crippen LogP contribution < -0.4 is 10.9 Å². The number of aryl methyl sites for hydroxylation is 2. The number of nitrogens with one attached hydrogen (secondary N) is 1. The number of rotatable bonds is 6.